The second-order valence-electron chi connectivity index (χ2n) is 3.35. The van der Waals surface area contributed by atoms with Gasteiger partial charge in [0.2, 0.25) is 5.89 Å². The average Bonchev–Trinajstić information content (AvgIpc) is 2.84. The van der Waals surface area contributed by atoms with Gasteiger partial charge in [0.1, 0.15) is 0 Å². The molecule has 80 valence electrons. The van der Waals surface area contributed by atoms with Crippen molar-refractivity contribution in [1.29, 1.82) is 0 Å². The van der Waals surface area contributed by atoms with E-state index in [0.717, 1.165) is 0 Å². The Labute approximate surface area is 92.3 Å². The van der Waals surface area contributed by atoms with E-state index in [4.69, 9.17) is 4.52 Å². The summed E-state index contributed by atoms with van der Waals surface area (Å²) in [6, 6.07) is 4.48. The maximum absolute atomic E-state index is 5.01. The van der Waals surface area contributed by atoms with Crippen LogP contribution < -0.4 is 5.32 Å². The fourth-order valence-corrected chi connectivity index (χ4v) is 2.05. The van der Waals surface area contributed by atoms with Crippen LogP contribution in [0.4, 0.5) is 0 Å². The van der Waals surface area contributed by atoms with Gasteiger partial charge in [0.25, 0.3) is 0 Å². The minimum atomic E-state index is 0.317. The molecule has 1 unspecified atom stereocenters. The molecule has 2 heterocycles. The van der Waals surface area contributed by atoms with Gasteiger partial charge in [-0.15, -0.1) is 11.3 Å². The van der Waals surface area contributed by atoms with E-state index in [0.29, 0.717) is 24.3 Å². The molecule has 0 aliphatic heterocycles. The van der Waals surface area contributed by atoms with Crippen LogP contribution >= 0.6 is 11.3 Å². The number of rotatable bonds is 4. The van der Waals surface area contributed by atoms with Crippen LogP contribution in [0.3, 0.4) is 0 Å². The van der Waals surface area contributed by atoms with Gasteiger partial charge < -0.3 is 9.84 Å². The highest BCUT2D eigenvalue weighted by molar-refractivity contribution is 7.10. The van der Waals surface area contributed by atoms with E-state index >= 15 is 0 Å². The minimum Gasteiger partial charge on any atom is -0.338 e. The first-order chi connectivity index (χ1) is 7.25. The molecule has 4 nitrogen and oxygen atoms in total. The van der Waals surface area contributed by atoms with Crippen molar-refractivity contribution in [2.45, 2.75) is 26.4 Å². The van der Waals surface area contributed by atoms with Gasteiger partial charge in [-0.25, -0.2) is 0 Å². The zero-order valence-corrected chi connectivity index (χ0v) is 9.54. The largest absolute Gasteiger partial charge is 0.338 e. The Morgan fingerprint density at radius 2 is 2.47 bits per heavy atom. The van der Waals surface area contributed by atoms with Crippen molar-refractivity contribution >= 4 is 11.3 Å². The van der Waals surface area contributed by atoms with E-state index in [1.54, 1.807) is 11.3 Å². The van der Waals surface area contributed by atoms with Crippen LogP contribution in [0.1, 0.15) is 29.6 Å². The molecule has 0 aliphatic carbocycles. The summed E-state index contributed by atoms with van der Waals surface area (Å²) in [5.74, 6) is 1.31. The molecule has 5 heteroatoms. The maximum atomic E-state index is 5.01. The molecule has 1 atom stereocenters. The fraction of sp³-hybridized carbons (Fsp3) is 0.400. The first-order valence-electron chi connectivity index (χ1n) is 4.81. The zero-order valence-electron chi connectivity index (χ0n) is 8.73. The second-order valence-corrected chi connectivity index (χ2v) is 4.33. The Morgan fingerprint density at radius 3 is 3.07 bits per heavy atom. The lowest BCUT2D eigenvalue weighted by Crippen LogP contribution is -2.17. The number of nitrogens with zero attached hydrogens (tertiary/aromatic N) is 2. The molecule has 0 aromatic carbocycles. The monoisotopic (exact) mass is 223 g/mol. The Kier molecular flexibility index (Phi) is 3.13. The van der Waals surface area contributed by atoms with Gasteiger partial charge in [-0.1, -0.05) is 11.2 Å². The quantitative estimate of drug-likeness (QED) is 0.864. The minimum absolute atomic E-state index is 0.317. The van der Waals surface area contributed by atoms with Crippen LogP contribution in [0.5, 0.6) is 0 Å². The first kappa shape index (κ1) is 10.3. The van der Waals surface area contributed by atoms with Crippen molar-refractivity contribution in [3.8, 4) is 0 Å². The Morgan fingerprint density at radius 1 is 1.60 bits per heavy atom. The lowest BCUT2D eigenvalue weighted by molar-refractivity contribution is 0.358. The van der Waals surface area contributed by atoms with Crippen LogP contribution in [0, 0.1) is 6.92 Å². The lowest BCUT2D eigenvalue weighted by atomic mass is 10.3. The number of hydrogen-bond acceptors (Lipinski definition) is 5. The molecule has 0 spiro atoms. The standard InChI is InChI=1S/C10H13N3OS/c1-7(9-4-3-5-15-9)11-6-10-12-8(2)13-14-10/h3-5,7,11H,6H2,1-2H3. The molecule has 0 aliphatic rings. The third kappa shape index (κ3) is 2.64. The van der Waals surface area contributed by atoms with Gasteiger partial charge in [-0.05, 0) is 25.3 Å². The maximum Gasteiger partial charge on any atom is 0.240 e. The molecule has 2 aromatic heterocycles. The Balaban J connectivity index is 1.88. The normalized spacial score (nSPS) is 12.9. The molecular formula is C10H13N3OS. The molecule has 0 amide bonds. The van der Waals surface area contributed by atoms with Crippen molar-refractivity contribution in [2.75, 3.05) is 0 Å². The van der Waals surface area contributed by atoms with Gasteiger partial charge in [0.05, 0.1) is 6.54 Å². The smallest absolute Gasteiger partial charge is 0.240 e. The third-order valence-electron chi connectivity index (χ3n) is 2.10. The third-order valence-corrected chi connectivity index (χ3v) is 3.15. The summed E-state index contributed by atoms with van der Waals surface area (Å²) < 4.78 is 5.01. The highest BCUT2D eigenvalue weighted by Gasteiger charge is 2.08. The van der Waals surface area contributed by atoms with Crippen LogP contribution in [-0.4, -0.2) is 10.1 Å². The first-order valence-corrected chi connectivity index (χ1v) is 5.69. The van der Waals surface area contributed by atoms with Crippen molar-refractivity contribution in [1.82, 2.24) is 15.5 Å². The van der Waals surface area contributed by atoms with Crippen LogP contribution in [0.2, 0.25) is 0 Å². The highest BCUT2D eigenvalue weighted by atomic mass is 32.1. The number of nitrogens with one attached hydrogen (secondary N) is 1. The Bertz CT molecular complexity index is 410. The SMILES string of the molecule is Cc1noc(CNC(C)c2cccs2)n1. The van der Waals surface area contributed by atoms with Gasteiger partial charge >= 0.3 is 0 Å². The van der Waals surface area contributed by atoms with Gasteiger partial charge in [-0.2, -0.15) is 4.98 Å². The number of aromatic nitrogens is 2. The lowest BCUT2D eigenvalue weighted by Gasteiger charge is -2.09. The molecule has 2 aromatic rings. The average molecular weight is 223 g/mol. The van der Waals surface area contributed by atoms with E-state index in [1.165, 1.54) is 4.88 Å². The molecule has 15 heavy (non-hydrogen) atoms. The molecule has 0 bridgehead atoms. The summed E-state index contributed by atoms with van der Waals surface area (Å²) in [5.41, 5.74) is 0. The molecule has 0 saturated carbocycles. The van der Waals surface area contributed by atoms with Gasteiger partial charge in [0.15, 0.2) is 5.82 Å². The molecule has 2 rings (SSSR count). The van der Waals surface area contributed by atoms with E-state index < -0.39 is 0 Å². The van der Waals surface area contributed by atoms with E-state index in [-0.39, 0.29) is 0 Å². The molecular weight excluding hydrogens is 210 g/mol. The van der Waals surface area contributed by atoms with E-state index in [2.05, 4.69) is 39.9 Å². The second kappa shape index (κ2) is 4.55. The summed E-state index contributed by atoms with van der Waals surface area (Å²) in [6.45, 7) is 4.55. The predicted octanol–water partition coefficient (Wildman–Crippen LogP) is 2.29. The van der Waals surface area contributed by atoms with Crippen LogP contribution in [0.25, 0.3) is 0 Å². The van der Waals surface area contributed by atoms with Crippen molar-refractivity contribution < 1.29 is 4.52 Å². The number of hydrogen-bond donors (Lipinski definition) is 1. The van der Waals surface area contributed by atoms with Crippen molar-refractivity contribution in [2.24, 2.45) is 0 Å². The zero-order chi connectivity index (χ0) is 10.7. The summed E-state index contributed by atoms with van der Waals surface area (Å²) in [7, 11) is 0. The topological polar surface area (TPSA) is 51.0 Å². The Hall–Kier alpha value is -1.20. The molecule has 0 fully saturated rings. The summed E-state index contributed by atoms with van der Waals surface area (Å²) >= 11 is 1.74. The highest BCUT2D eigenvalue weighted by Crippen LogP contribution is 2.18. The predicted molar refractivity (Wildman–Crippen MR) is 58.6 cm³/mol. The summed E-state index contributed by atoms with van der Waals surface area (Å²) in [6.07, 6.45) is 0. The summed E-state index contributed by atoms with van der Waals surface area (Å²) in [5, 5.41) is 9.14. The van der Waals surface area contributed by atoms with E-state index in [1.807, 2.05) is 6.92 Å². The number of aryl methyl sites for hydroxylation is 1. The fourth-order valence-electron chi connectivity index (χ4n) is 1.29. The summed E-state index contributed by atoms with van der Waals surface area (Å²) in [4.78, 5) is 5.44. The number of thiophene rings is 1. The van der Waals surface area contributed by atoms with Gasteiger partial charge in [-0.3, -0.25) is 0 Å². The molecule has 0 radical (unpaired) electrons. The van der Waals surface area contributed by atoms with Crippen molar-refractivity contribution in [3.05, 3.63) is 34.1 Å². The van der Waals surface area contributed by atoms with Gasteiger partial charge in [0, 0.05) is 10.9 Å². The van der Waals surface area contributed by atoms with Crippen LogP contribution in [0.15, 0.2) is 22.0 Å². The van der Waals surface area contributed by atoms with Crippen molar-refractivity contribution in [3.63, 3.8) is 0 Å². The van der Waals surface area contributed by atoms with E-state index in [9.17, 15) is 0 Å². The molecule has 0 saturated heterocycles. The van der Waals surface area contributed by atoms with Crippen LogP contribution in [-0.2, 0) is 6.54 Å². The molecule has 1 N–H and O–H groups in total.